The van der Waals surface area contributed by atoms with E-state index in [1.165, 1.54) is 22.2 Å². The van der Waals surface area contributed by atoms with Crippen molar-refractivity contribution in [3.8, 4) is 5.13 Å². The number of carbonyl (C=O) groups excluding carboxylic acids is 1. The number of carbonyl (C=O) groups is 1. The van der Waals surface area contributed by atoms with Crippen LogP contribution in [0.5, 0.6) is 0 Å². The number of halogens is 2. The van der Waals surface area contributed by atoms with E-state index >= 15 is 0 Å². The lowest BCUT2D eigenvalue weighted by molar-refractivity contribution is 0.145. The van der Waals surface area contributed by atoms with E-state index in [9.17, 15) is 14.0 Å². The maximum absolute atomic E-state index is 13.1. The fourth-order valence-electron chi connectivity index (χ4n) is 1.74. The summed E-state index contributed by atoms with van der Waals surface area (Å²) in [4.78, 5) is 28.0. The van der Waals surface area contributed by atoms with Crippen LogP contribution in [0.2, 0.25) is 0 Å². The Morgan fingerprint density at radius 2 is 2.24 bits per heavy atom. The van der Waals surface area contributed by atoms with Gasteiger partial charge in [-0.25, -0.2) is 28.2 Å². The Balaban J connectivity index is 2.02. The number of hydrogen-bond acceptors (Lipinski definition) is 6. The van der Waals surface area contributed by atoms with Crippen LogP contribution in [-0.2, 0) is 11.3 Å². The average molecular weight is 434 g/mol. The van der Waals surface area contributed by atoms with Crippen molar-refractivity contribution in [1.29, 1.82) is 0 Å². The summed E-state index contributed by atoms with van der Waals surface area (Å²) >= 11 is 4.53. The average Bonchev–Trinajstić information content (AvgIpc) is 3.08. The fourth-order valence-corrected chi connectivity index (χ4v) is 2.88. The molecule has 0 aromatic carbocycles. The Morgan fingerprint density at radius 1 is 1.52 bits per heavy atom. The highest BCUT2D eigenvalue weighted by molar-refractivity contribution is 9.11. The lowest BCUT2D eigenvalue weighted by Crippen LogP contribution is -2.41. The standard InChI is InChI=1S/C14H17BrFN5O3S/c1-14(2,3)19-12(22)24-7-9(4-16)6-21-13(23)20(8-18-21)11-17-5-10(15)25-11/h4-5,8H,6-7H2,1-3H3,(H,19,22)/b9-4-. The molecule has 0 saturated carbocycles. The van der Waals surface area contributed by atoms with Gasteiger partial charge in [-0.3, -0.25) is 0 Å². The normalized spacial score (nSPS) is 12.3. The van der Waals surface area contributed by atoms with Crippen LogP contribution in [0, 0.1) is 0 Å². The molecule has 1 amide bonds. The van der Waals surface area contributed by atoms with E-state index < -0.39 is 17.3 Å². The van der Waals surface area contributed by atoms with E-state index in [-0.39, 0.29) is 18.7 Å². The molecule has 0 aliphatic rings. The van der Waals surface area contributed by atoms with Gasteiger partial charge >= 0.3 is 11.8 Å². The smallest absolute Gasteiger partial charge is 0.407 e. The number of rotatable bonds is 5. The maximum Gasteiger partial charge on any atom is 0.407 e. The SMILES string of the molecule is CC(C)(C)NC(=O)OC/C(=C\F)Cn1ncn(-c2ncc(Br)s2)c1=O. The highest BCUT2D eigenvalue weighted by atomic mass is 79.9. The lowest BCUT2D eigenvalue weighted by atomic mass is 10.1. The number of nitrogens with one attached hydrogen (secondary N) is 1. The summed E-state index contributed by atoms with van der Waals surface area (Å²) in [6.07, 6.45) is 2.50. The van der Waals surface area contributed by atoms with Crippen LogP contribution < -0.4 is 11.0 Å². The van der Waals surface area contributed by atoms with Gasteiger partial charge in [0.1, 0.15) is 12.9 Å². The molecule has 0 aliphatic heterocycles. The minimum atomic E-state index is -0.669. The molecule has 0 radical (unpaired) electrons. The number of amides is 1. The molecule has 0 bridgehead atoms. The molecule has 25 heavy (non-hydrogen) atoms. The third-order valence-corrected chi connectivity index (χ3v) is 4.25. The first-order valence-electron chi connectivity index (χ1n) is 7.19. The molecule has 8 nitrogen and oxygen atoms in total. The van der Waals surface area contributed by atoms with E-state index in [1.54, 1.807) is 27.0 Å². The van der Waals surface area contributed by atoms with Crippen molar-refractivity contribution >= 4 is 33.4 Å². The van der Waals surface area contributed by atoms with Gasteiger partial charge in [-0.15, -0.1) is 0 Å². The molecule has 0 atom stereocenters. The third-order valence-electron chi connectivity index (χ3n) is 2.78. The Hall–Kier alpha value is -2.01. The molecule has 11 heteroatoms. The molecule has 136 valence electrons. The summed E-state index contributed by atoms with van der Waals surface area (Å²) in [5.41, 5.74) is -0.842. The molecule has 2 aromatic rings. The van der Waals surface area contributed by atoms with Crippen LogP contribution in [0.15, 0.2) is 33.0 Å². The monoisotopic (exact) mass is 433 g/mol. The minimum Gasteiger partial charge on any atom is -0.445 e. The summed E-state index contributed by atoms with van der Waals surface area (Å²) in [6.45, 7) is 4.95. The summed E-state index contributed by atoms with van der Waals surface area (Å²) in [5.74, 6) is 0. The Morgan fingerprint density at radius 3 is 2.80 bits per heavy atom. The zero-order valence-corrected chi connectivity index (χ0v) is 16.2. The van der Waals surface area contributed by atoms with E-state index in [4.69, 9.17) is 4.74 Å². The van der Waals surface area contributed by atoms with Crippen molar-refractivity contribution in [3.63, 3.8) is 0 Å². The molecule has 0 aliphatic carbocycles. The lowest BCUT2D eigenvalue weighted by Gasteiger charge is -2.20. The third kappa shape index (κ3) is 5.49. The predicted molar refractivity (Wildman–Crippen MR) is 94.6 cm³/mol. The highest BCUT2D eigenvalue weighted by Gasteiger charge is 2.16. The number of hydrogen-bond donors (Lipinski definition) is 1. The van der Waals surface area contributed by atoms with Crippen molar-refractivity contribution in [1.82, 2.24) is 24.6 Å². The van der Waals surface area contributed by atoms with Crippen LogP contribution in [0.4, 0.5) is 9.18 Å². The molecular weight excluding hydrogens is 417 g/mol. The Labute approximate surface area is 155 Å². The zero-order chi connectivity index (χ0) is 18.6. The second-order valence-electron chi connectivity index (χ2n) is 6.11. The molecule has 0 spiro atoms. The van der Waals surface area contributed by atoms with Crippen molar-refractivity contribution in [2.45, 2.75) is 32.9 Å². The second-order valence-corrected chi connectivity index (χ2v) is 8.49. The summed E-state index contributed by atoms with van der Waals surface area (Å²) in [5, 5.41) is 6.96. The van der Waals surface area contributed by atoms with Crippen LogP contribution >= 0.6 is 27.3 Å². The van der Waals surface area contributed by atoms with Crippen molar-refractivity contribution in [2.75, 3.05) is 6.61 Å². The van der Waals surface area contributed by atoms with E-state index in [2.05, 4.69) is 31.3 Å². The molecule has 2 heterocycles. The highest BCUT2D eigenvalue weighted by Crippen LogP contribution is 2.20. The zero-order valence-electron chi connectivity index (χ0n) is 13.8. The van der Waals surface area contributed by atoms with Gasteiger partial charge in [0.15, 0.2) is 5.13 Å². The van der Waals surface area contributed by atoms with Crippen molar-refractivity contribution < 1.29 is 13.9 Å². The summed E-state index contributed by atoms with van der Waals surface area (Å²) in [6, 6.07) is 0. The number of ether oxygens (including phenoxy) is 1. The van der Waals surface area contributed by atoms with E-state index in [0.717, 1.165) is 8.47 Å². The Kier molecular flexibility index (Phi) is 6.11. The fraction of sp³-hybridized carbons (Fsp3) is 0.429. The molecule has 2 rings (SSSR count). The van der Waals surface area contributed by atoms with E-state index in [0.29, 0.717) is 11.5 Å². The molecule has 2 aromatic heterocycles. The van der Waals surface area contributed by atoms with Gasteiger partial charge in [-0.1, -0.05) is 11.3 Å². The maximum atomic E-state index is 13.1. The molecule has 0 saturated heterocycles. The van der Waals surface area contributed by atoms with Gasteiger partial charge in [0, 0.05) is 11.1 Å². The number of thiazole rings is 1. The first-order valence-corrected chi connectivity index (χ1v) is 8.80. The summed E-state index contributed by atoms with van der Waals surface area (Å²) in [7, 11) is 0. The van der Waals surface area contributed by atoms with Crippen LogP contribution in [0.25, 0.3) is 5.13 Å². The number of aromatic nitrogens is 4. The molecule has 1 N–H and O–H groups in total. The van der Waals surface area contributed by atoms with Crippen molar-refractivity contribution in [3.05, 3.63) is 38.7 Å². The number of nitrogens with zero attached hydrogens (tertiary/aromatic N) is 4. The number of alkyl carbamates (subject to hydrolysis) is 1. The first kappa shape index (κ1) is 19.3. The van der Waals surface area contributed by atoms with Crippen LogP contribution in [0.3, 0.4) is 0 Å². The molecule has 0 unspecified atom stereocenters. The van der Waals surface area contributed by atoms with Gasteiger partial charge in [-0.2, -0.15) is 5.10 Å². The molecular formula is C14H17BrFN5O3S. The van der Waals surface area contributed by atoms with Crippen LogP contribution in [0.1, 0.15) is 20.8 Å². The topological polar surface area (TPSA) is 91.0 Å². The van der Waals surface area contributed by atoms with Gasteiger partial charge in [0.25, 0.3) is 0 Å². The Bertz CT molecular complexity index is 836. The van der Waals surface area contributed by atoms with Gasteiger partial charge in [0.05, 0.1) is 22.9 Å². The van der Waals surface area contributed by atoms with E-state index in [1.807, 2.05) is 0 Å². The molecule has 0 fully saturated rings. The van der Waals surface area contributed by atoms with Gasteiger partial charge in [0.2, 0.25) is 0 Å². The van der Waals surface area contributed by atoms with Crippen molar-refractivity contribution in [2.24, 2.45) is 0 Å². The van der Waals surface area contributed by atoms with Crippen LogP contribution in [-0.4, -0.2) is 37.6 Å². The second kappa shape index (κ2) is 7.91. The van der Waals surface area contributed by atoms with Gasteiger partial charge < -0.3 is 10.1 Å². The minimum absolute atomic E-state index is 0.0942. The van der Waals surface area contributed by atoms with Gasteiger partial charge in [-0.05, 0) is 36.7 Å². The quantitative estimate of drug-likeness (QED) is 0.782. The largest absolute Gasteiger partial charge is 0.445 e. The summed E-state index contributed by atoms with van der Waals surface area (Å²) < 4.78 is 21.1. The first-order chi connectivity index (χ1) is 11.7. The predicted octanol–water partition coefficient (Wildman–Crippen LogP) is 2.63.